The third-order valence-electron chi connectivity index (χ3n) is 3.07. The zero-order valence-corrected chi connectivity index (χ0v) is 11.6. The fourth-order valence-corrected chi connectivity index (χ4v) is 2.04. The van der Waals surface area contributed by atoms with Crippen molar-refractivity contribution in [2.75, 3.05) is 0 Å². The molecule has 0 fully saturated rings. The second-order valence-corrected chi connectivity index (χ2v) is 4.77. The highest BCUT2D eigenvalue weighted by Crippen LogP contribution is 2.16. The first-order valence-electron chi connectivity index (χ1n) is 6.32. The third-order valence-corrected chi connectivity index (χ3v) is 3.07. The van der Waals surface area contributed by atoms with Gasteiger partial charge in [-0.1, -0.05) is 6.92 Å². The number of carboxylic acids is 1. The van der Waals surface area contributed by atoms with E-state index in [1.807, 2.05) is 0 Å². The van der Waals surface area contributed by atoms with E-state index in [9.17, 15) is 14.4 Å². The average Bonchev–Trinajstić information content (AvgIpc) is 2.37. The summed E-state index contributed by atoms with van der Waals surface area (Å²) in [7, 11) is 0. The minimum atomic E-state index is -1.08. The normalized spacial score (nSPS) is 13.2. The minimum absolute atomic E-state index is 0.0840. The summed E-state index contributed by atoms with van der Waals surface area (Å²) in [6, 6.07) is 1.62. The maximum Gasteiger partial charge on any atom is 0.337 e. The van der Waals surface area contributed by atoms with Crippen LogP contribution in [0.3, 0.4) is 0 Å². The maximum atomic E-state index is 11.1. The van der Waals surface area contributed by atoms with E-state index < -0.39 is 23.9 Å². The molecular formula is C13H18N4O4. The second-order valence-electron chi connectivity index (χ2n) is 4.77. The summed E-state index contributed by atoms with van der Waals surface area (Å²) < 4.78 is 0. The number of nitrogens with zero attached hydrogens (tertiary/aromatic N) is 1. The largest absolute Gasteiger partial charge is 0.478 e. The van der Waals surface area contributed by atoms with Crippen LogP contribution in [0.4, 0.5) is 4.79 Å². The highest BCUT2D eigenvalue weighted by molar-refractivity contribution is 5.88. The van der Waals surface area contributed by atoms with Crippen molar-refractivity contribution in [1.29, 1.82) is 0 Å². The highest BCUT2D eigenvalue weighted by Gasteiger charge is 2.23. The van der Waals surface area contributed by atoms with Crippen molar-refractivity contribution in [1.82, 2.24) is 10.3 Å². The summed E-state index contributed by atoms with van der Waals surface area (Å²) in [4.78, 5) is 37.2. The van der Waals surface area contributed by atoms with Crippen LogP contribution < -0.4 is 16.8 Å². The molecule has 1 rings (SSSR count). The van der Waals surface area contributed by atoms with Gasteiger partial charge in [-0.2, -0.15) is 0 Å². The molecule has 0 saturated carbocycles. The van der Waals surface area contributed by atoms with Crippen LogP contribution in [-0.2, 0) is 11.2 Å². The molecule has 0 aliphatic carbocycles. The number of nitrogens with one attached hydrogen (secondary N) is 1. The molecule has 0 aromatic carbocycles. The van der Waals surface area contributed by atoms with Gasteiger partial charge in [0.2, 0.25) is 5.91 Å². The van der Waals surface area contributed by atoms with E-state index in [0.717, 1.165) is 0 Å². The van der Waals surface area contributed by atoms with E-state index >= 15 is 0 Å². The lowest BCUT2D eigenvalue weighted by molar-refractivity contribution is -0.118. The van der Waals surface area contributed by atoms with E-state index in [1.165, 1.54) is 18.3 Å². The van der Waals surface area contributed by atoms with Crippen molar-refractivity contribution >= 4 is 17.9 Å². The summed E-state index contributed by atoms with van der Waals surface area (Å²) in [6.07, 6.45) is 1.67. The lowest BCUT2D eigenvalue weighted by Gasteiger charge is -2.23. The first-order chi connectivity index (χ1) is 9.81. The van der Waals surface area contributed by atoms with Crippen LogP contribution in [0, 0.1) is 5.92 Å². The maximum absolute atomic E-state index is 11.1. The van der Waals surface area contributed by atoms with Gasteiger partial charge in [0.25, 0.3) is 0 Å². The number of carbonyl (C=O) groups excluding carboxylic acids is 2. The standard InChI is InChI=1S/C13H18N4O4/c1-7(9(6-11(14)18)17-13(15)21)5-10-8(12(19)20)3-2-4-16-10/h2-4,7,9H,5-6H2,1H3,(H2,14,18)(H,19,20)(H3,15,17,21). The Labute approximate surface area is 121 Å². The number of carbonyl (C=O) groups is 3. The van der Waals surface area contributed by atoms with Crippen LogP contribution in [-0.4, -0.2) is 34.0 Å². The first-order valence-corrected chi connectivity index (χ1v) is 6.32. The molecule has 0 bridgehead atoms. The van der Waals surface area contributed by atoms with Crippen LogP contribution in [0.5, 0.6) is 0 Å². The Hall–Kier alpha value is -2.64. The number of nitrogens with two attached hydrogens (primary N) is 2. The second kappa shape index (κ2) is 7.22. The topological polar surface area (TPSA) is 148 Å². The van der Waals surface area contributed by atoms with Crippen LogP contribution in [0.2, 0.25) is 0 Å². The van der Waals surface area contributed by atoms with Crippen molar-refractivity contribution in [2.45, 2.75) is 25.8 Å². The van der Waals surface area contributed by atoms with Crippen LogP contribution >= 0.6 is 0 Å². The lowest BCUT2D eigenvalue weighted by Crippen LogP contribution is -2.45. The molecule has 1 aromatic heterocycles. The fraction of sp³-hybridized carbons (Fsp3) is 0.385. The number of hydrogen-bond donors (Lipinski definition) is 4. The summed E-state index contributed by atoms with van der Waals surface area (Å²) in [5.41, 5.74) is 10.7. The number of amides is 3. The zero-order chi connectivity index (χ0) is 16.0. The van der Waals surface area contributed by atoms with Crippen LogP contribution in [0.15, 0.2) is 18.3 Å². The van der Waals surface area contributed by atoms with E-state index in [0.29, 0.717) is 5.69 Å². The predicted octanol–water partition coefficient (Wildman–Crippen LogP) is -0.129. The molecule has 8 heteroatoms. The van der Waals surface area contributed by atoms with Gasteiger partial charge in [-0.3, -0.25) is 9.78 Å². The summed E-state index contributed by atoms with van der Waals surface area (Å²) in [6.45, 7) is 1.75. The molecule has 2 atom stereocenters. The Morgan fingerprint density at radius 2 is 2.05 bits per heavy atom. The van der Waals surface area contributed by atoms with E-state index in [4.69, 9.17) is 16.6 Å². The van der Waals surface area contributed by atoms with Crippen molar-refractivity contribution in [2.24, 2.45) is 17.4 Å². The molecule has 0 aliphatic rings. The van der Waals surface area contributed by atoms with Gasteiger partial charge >= 0.3 is 12.0 Å². The summed E-state index contributed by atoms with van der Waals surface area (Å²) in [5, 5.41) is 11.5. The molecule has 0 radical (unpaired) electrons. The number of aromatic nitrogens is 1. The SMILES string of the molecule is CC(Cc1ncccc1C(=O)O)C(CC(N)=O)NC(N)=O. The molecule has 2 unspecified atom stereocenters. The zero-order valence-electron chi connectivity index (χ0n) is 11.6. The predicted molar refractivity (Wildman–Crippen MR) is 74.4 cm³/mol. The minimum Gasteiger partial charge on any atom is -0.478 e. The van der Waals surface area contributed by atoms with Gasteiger partial charge < -0.3 is 21.9 Å². The molecule has 0 aliphatic heterocycles. The number of rotatable bonds is 7. The molecule has 21 heavy (non-hydrogen) atoms. The number of primary amides is 2. The number of carboxylic acid groups (broad SMARTS) is 1. The summed E-state index contributed by atoms with van der Waals surface area (Å²) in [5.74, 6) is -1.93. The Morgan fingerprint density at radius 3 is 2.57 bits per heavy atom. The Morgan fingerprint density at radius 1 is 1.38 bits per heavy atom. The van der Waals surface area contributed by atoms with Crippen LogP contribution in [0.25, 0.3) is 0 Å². The van der Waals surface area contributed by atoms with Crippen molar-refractivity contribution < 1.29 is 19.5 Å². The third kappa shape index (κ3) is 5.09. The van der Waals surface area contributed by atoms with E-state index in [1.54, 1.807) is 6.92 Å². The number of urea groups is 1. The Kier molecular flexibility index (Phi) is 5.65. The molecule has 3 amide bonds. The molecule has 0 spiro atoms. The van der Waals surface area contributed by atoms with E-state index in [-0.39, 0.29) is 24.3 Å². The number of aromatic carboxylic acids is 1. The first kappa shape index (κ1) is 16.4. The van der Waals surface area contributed by atoms with Crippen molar-refractivity contribution in [3.63, 3.8) is 0 Å². The average molecular weight is 294 g/mol. The van der Waals surface area contributed by atoms with Crippen LogP contribution in [0.1, 0.15) is 29.4 Å². The molecule has 1 heterocycles. The Bertz CT molecular complexity index is 531. The fourth-order valence-electron chi connectivity index (χ4n) is 2.04. The van der Waals surface area contributed by atoms with Gasteiger partial charge in [-0.15, -0.1) is 0 Å². The van der Waals surface area contributed by atoms with Gasteiger partial charge in [0.05, 0.1) is 11.3 Å². The van der Waals surface area contributed by atoms with Crippen molar-refractivity contribution in [3.8, 4) is 0 Å². The lowest BCUT2D eigenvalue weighted by atomic mass is 9.92. The van der Waals surface area contributed by atoms with Gasteiger partial charge in [0.1, 0.15) is 0 Å². The van der Waals surface area contributed by atoms with Gasteiger partial charge in [0.15, 0.2) is 0 Å². The van der Waals surface area contributed by atoms with Gasteiger partial charge in [0, 0.05) is 18.7 Å². The van der Waals surface area contributed by atoms with Gasteiger partial charge in [-0.25, -0.2) is 9.59 Å². The molecule has 1 aromatic rings. The molecule has 6 N–H and O–H groups in total. The van der Waals surface area contributed by atoms with Gasteiger partial charge in [-0.05, 0) is 24.5 Å². The highest BCUT2D eigenvalue weighted by atomic mass is 16.4. The molecule has 8 nitrogen and oxygen atoms in total. The summed E-state index contributed by atoms with van der Waals surface area (Å²) >= 11 is 0. The smallest absolute Gasteiger partial charge is 0.337 e. The Balaban J connectivity index is 2.90. The number of pyridine rings is 1. The monoisotopic (exact) mass is 294 g/mol. The quantitative estimate of drug-likeness (QED) is 0.552. The molecule has 114 valence electrons. The van der Waals surface area contributed by atoms with Crippen molar-refractivity contribution in [3.05, 3.63) is 29.6 Å². The van der Waals surface area contributed by atoms with E-state index in [2.05, 4.69) is 10.3 Å². The number of hydrogen-bond acceptors (Lipinski definition) is 4. The molecule has 0 saturated heterocycles. The molecular weight excluding hydrogens is 276 g/mol.